The Morgan fingerprint density at radius 1 is 1.41 bits per heavy atom. The van der Waals surface area contributed by atoms with Crippen LogP contribution >= 0.6 is 15.9 Å². The first-order valence-corrected chi connectivity index (χ1v) is 4.98. The van der Waals surface area contributed by atoms with Gasteiger partial charge in [-0.15, -0.1) is 0 Å². The molecule has 92 valence electrons. The number of nitriles is 1. The second-order valence-electron chi connectivity index (χ2n) is 3.00. The van der Waals surface area contributed by atoms with E-state index < -0.39 is 40.3 Å². The van der Waals surface area contributed by atoms with Crippen LogP contribution in [0.2, 0.25) is 0 Å². The lowest BCUT2D eigenvalue weighted by Crippen LogP contribution is -2.14. The summed E-state index contributed by atoms with van der Waals surface area (Å²) in [6.07, 6.45) is -8.00. The smallest absolute Gasteiger partial charge is 0.248 e. The molecule has 0 amide bonds. The van der Waals surface area contributed by atoms with Gasteiger partial charge in [0.15, 0.2) is 0 Å². The summed E-state index contributed by atoms with van der Waals surface area (Å²) in [5.41, 5.74) is -3.14. The SMILES string of the molecule is N#CCc1cnc(Br)c(C(F)(F)F)c1C(F)F. The molecule has 0 aliphatic heterocycles. The number of alkyl halides is 5. The maximum absolute atomic E-state index is 12.7. The Morgan fingerprint density at radius 3 is 2.41 bits per heavy atom. The number of hydrogen-bond donors (Lipinski definition) is 0. The summed E-state index contributed by atoms with van der Waals surface area (Å²) < 4.78 is 62.4. The molecule has 1 aromatic heterocycles. The van der Waals surface area contributed by atoms with Crippen LogP contribution in [0.15, 0.2) is 10.8 Å². The zero-order chi connectivity index (χ0) is 13.2. The van der Waals surface area contributed by atoms with Crippen molar-refractivity contribution >= 4 is 15.9 Å². The lowest BCUT2D eigenvalue weighted by Gasteiger charge is -2.16. The topological polar surface area (TPSA) is 36.7 Å². The Bertz CT molecular complexity index is 464. The summed E-state index contributed by atoms with van der Waals surface area (Å²) in [6.45, 7) is 0. The molecule has 0 N–H and O–H groups in total. The highest BCUT2D eigenvalue weighted by molar-refractivity contribution is 9.10. The van der Waals surface area contributed by atoms with Gasteiger partial charge in [0.25, 0.3) is 6.43 Å². The van der Waals surface area contributed by atoms with Crippen LogP contribution in [0.3, 0.4) is 0 Å². The maximum Gasteiger partial charge on any atom is 0.419 e. The predicted octanol–water partition coefficient (Wildman–Crippen LogP) is 3.87. The van der Waals surface area contributed by atoms with Crippen molar-refractivity contribution in [1.82, 2.24) is 4.98 Å². The van der Waals surface area contributed by atoms with Crippen LogP contribution in [-0.4, -0.2) is 4.98 Å². The molecular formula is C9H4BrF5N2. The normalized spacial score (nSPS) is 11.6. The fourth-order valence-electron chi connectivity index (χ4n) is 1.29. The molecule has 0 saturated heterocycles. The molecule has 0 atom stereocenters. The van der Waals surface area contributed by atoms with E-state index in [2.05, 4.69) is 20.9 Å². The van der Waals surface area contributed by atoms with Crippen LogP contribution in [0.25, 0.3) is 0 Å². The Hall–Kier alpha value is -1.23. The first-order valence-electron chi connectivity index (χ1n) is 4.18. The molecule has 1 rings (SSSR count). The van der Waals surface area contributed by atoms with Crippen molar-refractivity contribution in [3.8, 4) is 6.07 Å². The van der Waals surface area contributed by atoms with E-state index in [4.69, 9.17) is 5.26 Å². The summed E-state index contributed by atoms with van der Waals surface area (Å²) in [7, 11) is 0. The van der Waals surface area contributed by atoms with E-state index in [-0.39, 0.29) is 0 Å². The molecular weight excluding hydrogens is 311 g/mol. The van der Waals surface area contributed by atoms with E-state index in [1.165, 1.54) is 6.07 Å². The molecule has 0 aromatic carbocycles. The second-order valence-corrected chi connectivity index (χ2v) is 3.75. The summed E-state index contributed by atoms with van der Waals surface area (Å²) in [5, 5.41) is 8.37. The van der Waals surface area contributed by atoms with Crippen molar-refractivity contribution in [1.29, 1.82) is 5.26 Å². The summed E-state index contributed by atoms with van der Waals surface area (Å²) in [5.74, 6) is 0. The number of pyridine rings is 1. The number of aromatic nitrogens is 1. The van der Waals surface area contributed by atoms with Gasteiger partial charge in [-0.25, -0.2) is 13.8 Å². The van der Waals surface area contributed by atoms with Crippen LogP contribution < -0.4 is 0 Å². The average Bonchev–Trinajstić information content (AvgIpc) is 2.18. The van der Waals surface area contributed by atoms with Gasteiger partial charge >= 0.3 is 6.18 Å². The molecule has 1 heterocycles. The van der Waals surface area contributed by atoms with Gasteiger partial charge in [0.2, 0.25) is 0 Å². The molecule has 0 aliphatic carbocycles. The Kier molecular flexibility index (Phi) is 4.03. The predicted molar refractivity (Wildman–Crippen MR) is 51.2 cm³/mol. The van der Waals surface area contributed by atoms with Crippen molar-refractivity contribution in [3.63, 3.8) is 0 Å². The van der Waals surface area contributed by atoms with Crippen LogP contribution in [0.4, 0.5) is 22.0 Å². The summed E-state index contributed by atoms with van der Waals surface area (Å²) in [4.78, 5) is 3.32. The summed E-state index contributed by atoms with van der Waals surface area (Å²) in [6, 6.07) is 1.52. The van der Waals surface area contributed by atoms with Gasteiger partial charge in [0, 0.05) is 11.8 Å². The van der Waals surface area contributed by atoms with E-state index in [1.807, 2.05) is 0 Å². The lowest BCUT2D eigenvalue weighted by molar-refractivity contribution is -0.140. The molecule has 2 nitrogen and oxygen atoms in total. The van der Waals surface area contributed by atoms with Gasteiger partial charge in [-0.05, 0) is 21.5 Å². The zero-order valence-electron chi connectivity index (χ0n) is 8.02. The zero-order valence-corrected chi connectivity index (χ0v) is 9.61. The van der Waals surface area contributed by atoms with Crippen molar-refractivity contribution in [2.45, 2.75) is 19.0 Å². The molecule has 0 bridgehead atoms. The minimum absolute atomic E-state index is 0.418. The number of nitrogens with zero attached hydrogens (tertiary/aromatic N) is 2. The maximum atomic E-state index is 12.7. The third-order valence-electron chi connectivity index (χ3n) is 1.93. The highest BCUT2D eigenvalue weighted by atomic mass is 79.9. The molecule has 0 fully saturated rings. The number of hydrogen-bond acceptors (Lipinski definition) is 2. The Morgan fingerprint density at radius 2 is 2.00 bits per heavy atom. The Labute approximate surface area is 101 Å². The van der Waals surface area contributed by atoms with Gasteiger partial charge in [-0.3, -0.25) is 0 Å². The first kappa shape index (κ1) is 13.8. The van der Waals surface area contributed by atoms with Crippen molar-refractivity contribution in [2.24, 2.45) is 0 Å². The van der Waals surface area contributed by atoms with Crippen molar-refractivity contribution in [2.75, 3.05) is 0 Å². The van der Waals surface area contributed by atoms with Gasteiger partial charge in [-0.2, -0.15) is 18.4 Å². The van der Waals surface area contributed by atoms with E-state index in [0.717, 1.165) is 6.20 Å². The average molecular weight is 315 g/mol. The highest BCUT2D eigenvalue weighted by Crippen LogP contribution is 2.41. The molecule has 0 aliphatic rings. The Balaban J connectivity index is 3.56. The minimum atomic E-state index is -4.96. The number of halogens is 6. The monoisotopic (exact) mass is 314 g/mol. The fourth-order valence-corrected chi connectivity index (χ4v) is 1.83. The van der Waals surface area contributed by atoms with Gasteiger partial charge in [-0.1, -0.05) is 0 Å². The van der Waals surface area contributed by atoms with E-state index in [0.29, 0.717) is 0 Å². The van der Waals surface area contributed by atoms with Crippen molar-refractivity contribution in [3.05, 3.63) is 27.5 Å². The number of rotatable bonds is 2. The van der Waals surface area contributed by atoms with Crippen LogP contribution in [0.5, 0.6) is 0 Å². The standard InChI is InChI=1S/C9H4BrF5N2/c10-7-6(9(13,14)15)5(8(11)12)4(1-2-16)3-17-7/h3,8H,1H2. The van der Waals surface area contributed by atoms with E-state index >= 15 is 0 Å². The fraction of sp³-hybridized carbons (Fsp3) is 0.333. The van der Waals surface area contributed by atoms with E-state index in [1.54, 1.807) is 0 Å². The molecule has 0 saturated carbocycles. The van der Waals surface area contributed by atoms with Crippen molar-refractivity contribution < 1.29 is 22.0 Å². The molecule has 1 aromatic rings. The van der Waals surface area contributed by atoms with Gasteiger partial charge in [0.05, 0.1) is 18.1 Å². The largest absolute Gasteiger partial charge is 0.419 e. The highest BCUT2D eigenvalue weighted by Gasteiger charge is 2.40. The van der Waals surface area contributed by atoms with Crippen LogP contribution in [0, 0.1) is 11.3 Å². The molecule has 17 heavy (non-hydrogen) atoms. The quantitative estimate of drug-likeness (QED) is 0.614. The van der Waals surface area contributed by atoms with Crippen LogP contribution in [0.1, 0.15) is 23.1 Å². The molecule has 0 spiro atoms. The summed E-state index contributed by atoms with van der Waals surface area (Å²) >= 11 is 2.49. The lowest BCUT2D eigenvalue weighted by atomic mass is 10.0. The third kappa shape index (κ3) is 2.91. The molecule has 0 unspecified atom stereocenters. The minimum Gasteiger partial charge on any atom is -0.248 e. The first-order chi connectivity index (χ1) is 7.79. The second kappa shape index (κ2) is 4.96. The van der Waals surface area contributed by atoms with Gasteiger partial charge in [0.1, 0.15) is 4.60 Å². The molecule has 8 heteroatoms. The van der Waals surface area contributed by atoms with Gasteiger partial charge < -0.3 is 0 Å². The van der Waals surface area contributed by atoms with E-state index in [9.17, 15) is 22.0 Å². The molecule has 0 radical (unpaired) electrons. The van der Waals surface area contributed by atoms with Crippen LogP contribution in [-0.2, 0) is 12.6 Å². The third-order valence-corrected chi connectivity index (χ3v) is 2.53.